The number of hydrogen-bond acceptors (Lipinski definition) is 4. The summed E-state index contributed by atoms with van der Waals surface area (Å²) in [7, 11) is 0. The van der Waals surface area contributed by atoms with E-state index in [0.29, 0.717) is 6.07 Å². The van der Waals surface area contributed by atoms with Crippen molar-refractivity contribution < 1.29 is 31.1 Å². The molecule has 2 N–H and O–H groups in total. The van der Waals surface area contributed by atoms with Crippen molar-refractivity contribution in [2.45, 2.75) is 13.1 Å². The maximum atomic E-state index is 13.7. The number of carbonyl (C=O) groups excluding carboxylic acids is 1. The normalized spacial score (nSPS) is 11.3. The van der Waals surface area contributed by atoms with Crippen LogP contribution in [0, 0.1) is 24.4 Å². The lowest BCUT2D eigenvalue weighted by Gasteiger charge is -2.14. The molecule has 0 fully saturated rings. The van der Waals surface area contributed by atoms with Crippen LogP contribution >= 0.6 is 0 Å². The molecule has 0 unspecified atom stereocenters. The van der Waals surface area contributed by atoms with Gasteiger partial charge in [0.25, 0.3) is 5.91 Å². The lowest BCUT2D eigenvalue weighted by molar-refractivity contribution is -0.137. The maximum absolute atomic E-state index is 13.7. The van der Waals surface area contributed by atoms with Crippen LogP contribution in [0.4, 0.5) is 32.0 Å². The standard InChI is InChI=1S/C19H12F6N4O2/c1-9-7-14(30)17(18(31)27-26-13-6-5-12(20)15(21)16(13)22)28-29(9)11-4-2-3-10(8-11)19(23,24)25/h2-8,26H,1H3,(H,27,31). The third-order valence-electron chi connectivity index (χ3n) is 4.09. The molecular formula is C19H12F6N4O2. The molecule has 0 spiro atoms. The quantitative estimate of drug-likeness (QED) is 0.367. The van der Waals surface area contributed by atoms with Crippen molar-refractivity contribution >= 4 is 11.6 Å². The lowest BCUT2D eigenvalue weighted by Crippen LogP contribution is -2.35. The maximum Gasteiger partial charge on any atom is 0.416 e. The van der Waals surface area contributed by atoms with E-state index in [2.05, 4.69) is 5.10 Å². The molecule has 3 aromatic rings. The van der Waals surface area contributed by atoms with Gasteiger partial charge in [-0.15, -0.1) is 0 Å². The van der Waals surface area contributed by atoms with Gasteiger partial charge in [-0.2, -0.15) is 18.3 Å². The summed E-state index contributed by atoms with van der Waals surface area (Å²) in [6.07, 6.45) is -4.62. The van der Waals surface area contributed by atoms with E-state index in [-0.39, 0.29) is 11.4 Å². The second kappa shape index (κ2) is 8.13. The first-order chi connectivity index (χ1) is 14.5. The molecule has 12 heteroatoms. The molecular weight excluding hydrogens is 430 g/mol. The third-order valence-corrected chi connectivity index (χ3v) is 4.09. The van der Waals surface area contributed by atoms with Crippen LogP contribution in [-0.4, -0.2) is 15.7 Å². The Morgan fingerprint density at radius 3 is 2.42 bits per heavy atom. The summed E-state index contributed by atoms with van der Waals surface area (Å²) in [4.78, 5) is 24.4. The van der Waals surface area contributed by atoms with Crippen LogP contribution in [-0.2, 0) is 6.18 Å². The van der Waals surface area contributed by atoms with Crippen LogP contribution in [0.25, 0.3) is 5.69 Å². The van der Waals surface area contributed by atoms with Crippen LogP contribution in [0.3, 0.4) is 0 Å². The molecule has 1 aromatic heterocycles. The zero-order valence-electron chi connectivity index (χ0n) is 15.5. The number of carbonyl (C=O) groups is 1. The number of aryl methyl sites for hydroxylation is 1. The lowest BCUT2D eigenvalue weighted by atomic mass is 10.2. The Labute approximate surface area is 170 Å². The first kappa shape index (κ1) is 21.9. The molecule has 0 aliphatic carbocycles. The van der Waals surface area contributed by atoms with Crippen LogP contribution in [0.5, 0.6) is 0 Å². The van der Waals surface area contributed by atoms with Crippen molar-refractivity contribution in [2.75, 3.05) is 5.43 Å². The second-order valence-corrected chi connectivity index (χ2v) is 6.26. The minimum atomic E-state index is -4.62. The zero-order valence-corrected chi connectivity index (χ0v) is 15.5. The molecule has 1 heterocycles. The van der Waals surface area contributed by atoms with Crippen LogP contribution < -0.4 is 16.3 Å². The molecule has 3 rings (SSSR count). The van der Waals surface area contributed by atoms with Crippen molar-refractivity contribution in [3.8, 4) is 5.69 Å². The number of anilines is 1. The number of amides is 1. The van der Waals surface area contributed by atoms with Gasteiger partial charge in [-0.3, -0.25) is 20.4 Å². The number of hydrazine groups is 1. The Morgan fingerprint density at radius 1 is 1.03 bits per heavy atom. The van der Waals surface area contributed by atoms with Crippen molar-refractivity contribution in [1.29, 1.82) is 0 Å². The van der Waals surface area contributed by atoms with Gasteiger partial charge < -0.3 is 0 Å². The molecule has 0 aliphatic rings. The average molecular weight is 442 g/mol. The monoisotopic (exact) mass is 442 g/mol. The van der Waals surface area contributed by atoms with Gasteiger partial charge in [0, 0.05) is 11.8 Å². The fourth-order valence-corrected chi connectivity index (χ4v) is 2.59. The highest BCUT2D eigenvalue weighted by molar-refractivity contribution is 5.92. The van der Waals surface area contributed by atoms with Gasteiger partial charge in [0.15, 0.2) is 23.1 Å². The van der Waals surface area contributed by atoms with E-state index in [9.17, 15) is 35.9 Å². The summed E-state index contributed by atoms with van der Waals surface area (Å²) in [5, 5.41) is 3.79. The molecule has 162 valence electrons. The van der Waals surface area contributed by atoms with Crippen LogP contribution in [0.1, 0.15) is 21.7 Å². The largest absolute Gasteiger partial charge is 0.416 e. The molecule has 0 bridgehead atoms. The Bertz CT molecular complexity index is 1220. The van der Waals surface area contributed by atoms with E-state index >= 15 is 0 Å². The summed E-state index contributed by atoms with van der Waals surface area (Å²) in [6.45, 7) is 1.39. The van der Waals surface area contributed by atoms with Crippen molar-refractivity contribution in [3.05, 3.63) is 87.1 Å². The Hall–Kier alpha value is -3.83. The van der Waals surface area contributed by atoms with Gasteiger partial charge in [-0.05, 0) is 37.3 Å². The summed E-state index contributed by atoms with van der Waals surface area (Å²) < 4.78 is 79.7. The van der Waals surface area contributed by atoms with E-state index in [1.807, 2.05) is 10.9 Å². The topological polar surface area (TPSA) is 76.0 Å². The van der Waals surface area contributed by atoms with Crippen molar-refractivity contribution in [2.24, 2.45) is 0 Å². The average Bonchev–Trinajstić information content (AvgIpc) is 2.71. The number of benzene rings is 2. The SMILES string of the molecule is Cc1cc(=O)c(C(=O)NNc2ccc(F)c(F)c2F)nn1-c1cccc(C(F)(F)F)c1. The number of nitrogens with one attached hydrogen (secondary N) is 2. The predicted molar refractivity (Wildman–Crippen MR) is 97.0 cm³/mol. The smallest absolute Gasteiger partial charge is 0.295 e. The van der Waals surface area contributed by atoms with Crippen molar-refractivity contribution in [3.63, 3.8) is 0 Å². The second-order valence-electron chi connectivity index (χ2n) is 6.26. The third kappa shape index (κ3) is 4.52. The number of halogens is 6. The molecule has 6 nitrogen and oxygen atoms in total. The summed E-state index contributed by atoms with van der Waals surface area (Å²) in [5.74, 6) is -6.02. The van der Waals surface area contributed by atoms with E-state index in [1.165, 1.54) is 13.0 Å². The first-order valence-corrected chi connectivity index (χ1v) is 8.47. The number of rotatable bonds is 4. The molecule has 31 heavy (non-hydrogen) atoms. The van der Waals surface area contributed by atoms with Crippen LogP contribution in [0.2, 0.25) is 0 Å². The number of aromatic nitrogens is 2. The molecule has 1 amide bonds. The van der Waals surface area contributed by atoms with Gasteiger partial charge in [0.1, 0.15) is 0 Å². The molecule has 0 saturated carbocycles. The van der Waals surface area contributed by atoms with E-state index < -0.39 is 51.9 Å². The number of hydrogen-bond donors (Lipinski definition) is 2. The zero-order chi connectivity index (χ0) is 22.9. The highest BCUT2D eigenvalue weighted by atomic mass is 19.4. The number of alkyl halides is 3. The van der Waals surface area contributed by atoms with Gasteiger partial charge in [0.2, 0.25) is 5.43 Å². The highest BCUT2D eigenvalue weighted by Crippen LogP contribution is 2.30. The van der Waals surface area contributed by atoms with Crippen molar-refractivity contribution in [1.82, 2.24) is 15.2 Å². The fraction of sp³-hybridized carbons (Fsp3) is 0.105. The van der Waals surface area contributed by atoms with Gasteiger partial charge in [0.05, 0.1) is 16.9 Å². The Balaban J connectivity index is 1.92. The van der Waals surface area contributed by atoms with E-state index in [4.69, 9.17) is 0 Å². The molecule has 0 aliphatic heterocycles. The van der Waals surface area contributed by atoms with E-state index in [0.717, 1.165) is 35.0 Å². The fourth-order valence-electron chi connectivity index (χ4n) is 2.59. The molecule has 2 aromatic carbocycles. The summed E-state index contributed by atoms with van der Waals surface area (Å²) >= 11 is 0. The minimum absolute atomic E-state index is 0.0685. The van der Waals surface area contributed by atoms with E-state index in [1.54, 1.807) is 0 Å². The first-order valence-electron chi connectivity index (χ1n) is 8.47. The summed E-state index contributed by atoms with van der Waals surface area (Å²) in [6, 6.07) is 6.42. The summed E-state index contributed by atoms with van der Waals surface area (Å²) in [5.41, 5.74) is 0.765. The Kier molecular flexibility index (Phi) is 5.73. The van der Waals surface area contributed by atoms with Gasteiger partial charge in [-0.25, -0.2) is 17.9 Å². The predicted octanol–water partition coefficient (Wildman–Crippen LogP) is 3.73. The molecule has 0 radical (unpaired) electrons. The highest BCUT2D eigenvalue weighted by Gasteiger charge is 2.30. The number of nitrogens with zero attached hydrogens (tertiary/aromatic N) is 2. The van der Waals surface area contributed by atoms with Gasteiger partial charge in [-0.1, -0.05) is 6.07 Å². The van der Waals surface area contributed by atoms with Crippen LogP contribution in [0.15, 0.2) is 47.3 Å². The van der Waals surface area contributed by atoms with Gasteiger partial charge >= 0.3 is 6.18 Å². The Morgan fingerprint density at radius 2 is 1.74 bits per heavy atom. The minimum Gasteiger partial charge on any atom is -0.295 e. The molecule has 0 saturated heterocycles. The molecule has 0 atom stereocenters.